The maximum absolute atomic E-state index is 10.7. The Balaban J connectivity index is 3.01. The summed E-state index contributed by atoms with van der Waals surface area (Å²) in [6, 6.07) is 0. The first-order valence-electron chi connectivity index (χ1n) is 4.43. The predicted molar refractivity (Wildman–Crippen MR) is 60.7 cm³/mol. The first-order chi connectivity index (χ1) is 7.41. The highest BCUT2D eigenvalue weighted by Gasteiger charge is 2.21. The zero-order valence-electron chi connectivity index (χ0n) is 8.62. The third kappa shape index (κ3) is 3.29. The van der Waals surface area contributed by atoms with Gasteiger partial charge in [-0.05, 0) is 18.5 Å². The van der Waals surface area contributed by atoms with Crippen LogP contribution in [0.25, 0.3) is 0 Å². The van der Waals surface area contributed by atoms with Crippen molar-refractivity contribution in [2.45, 2.75) is 30.2 Å². The zero-order chi connectivity index (χ0) is 12.3. The highest BCUT2D eigenvalue weighted by atomic mass is 35.5. The summed E-state index contributed by atoms with van der Waals surface area (Å²) in [6.45, 7) is 3.35. The summed E-state index contributed by atoms with van der Waals surface area (Å²) in [5.41, 5.74) is -0.207. The Morgan fingerprint density at radius 1 is 1.62 bits per heavy atom. The third-order valence-corrected chi connectivity index (χ3v) is 3.35. The monoisotopic (exact) mass is 263 g/mol. The number of nitrogens with zero attached hydrogens (tertiary/aromatic N) is 3. The molecule has 0 aliphatic carbocycles. The van der Waals surface area contributed by atoms with Crippen LogP contribution in [-0.4, -0.2) is 31.4 Å². The molecule has 0 amide bonds. The lowest BCUT2D eigenvalue weighted by Crippen LogP contribution is -2.15. The smallest absolute Gasteiger partial charge is 0.319 e. The molecular formula is C8H10ClN3O3S. The number of halogens is 1. The van der Waals surface area contributed by atoms with Gasteiger partial charge < -0.3 is 5.11 Å². The topological polar surface area (TPSA) is 89.2 Å². The molecular weight excluding hydrogens is 254 g/mol. The molecule has 0 aromatic carbocycles. The van der Waals surface area contributed by atoms with E-state index >= 15 is 0 Å². The Bertz CT molecular complexity index is 402. The third-order valence-electron chi connectivity index (χ3n) is 1.88. The largest absolute Gasteiger partial charge is 0.392 e. The van der Waals surface area contributed by atoms with E-state index in [1.165, 1.54) is 0 Å². The Morgan fingerprint density at radius 3 is 2.75 bits per heavy atom. The van der Waals surface area contributed by atoms with E-state index in [1.54, 1.807) is 13.8 Å². The van der Waals surface area contributed by atoms with Crippen molar-refractivity contribution in [2.24, 2.45) is 0 Å². The molecule has 0 spiro atoms. The summed E-state index contributed by atoms with van der Waals surface area (Å²) in [5.74, 6) is 0. The molecule has 0 saturated heterocycles. The second-order valence-electron chi connectivity index (χ2n) is 3.15. The zero-order valence-corrected chi connectivity index (χ0v) is 10.2. The van der Waals surface area contributed by atoms with Crippen LogP contribution in [0, 0.1) is 10.1 Å². The van der Waals surface area contributed by atoms with E-state index in [1.807, 2.05) is 0 Å². The van der Waals surface area contributed by atoms with Crippen LogP contribution < -0.4 is 0 Å². The number of thioether (sulfide) groups is 1. The summed E-state index contributed by atoms with van der Waals surface area (Å²) in [4.78, 5) is 17.4. The van der Waals surface area contributed by atoms with Gasteiger partial charge in [0.1, 0.15) is 6.20 Å². The molecule has 1 aromatic heterocycles. The minimum Gasteiger partial charge on any atom is -0.392 e. The maximum atomic E-state index is 10.7. The molecule has 1 N–H and O–H groups in total. The van der Waals surface area contributed by atoms with Crippen LogP contribution in [0.3, 0.4) is 0 Å². The van der Waals surface area contributed by atoms with Crippen molar-refractivity contribution in [3.63, 3.8) is 0 Å². The Kier molecular flexibility index (Phi) is 4.45. The van der Waals surface area contributed by atoms with E-state index in [-0.39, 0.29) is 21.2 Å². The van der Waals surface area contributed by atoms with E-state index in [0.29, 0.717) is 0 Å². The van der Waals surface area contributed by atoms with Gasteiger partial charge in [0.25, 0.3) is 0 Å². The van der Waals surface area contributed by atoms with Gasteiger partial charge in [0.15, 0.2) is 5.03 Å². The van der Waals surface area contributed by atoms with Crippen LogP contribution in [0.15, 0.2) is 11.2 Å². The lowest BCUT2D eigenvalue weighted by atomic mass is 10.3. The standard InChI is InChI=1S/C8H10ClN3O3S/c1-4(13)5(2)16-7-6(12(14)15)3-10-8(9)11-7/h3-5,13H,1-2H3. The molecule has 6 nitrogen and oxygen atoms in total. The van der Waals surface area contributed by atoms with Crippen molar-refractivity contribution in [1.29, 1.82) is 0 Å². The molecule has 0 aliphatic heterocycles. The summed E-state index contributed by atoms with van der Waals surface area (Å²) in [7, 11) is 0. The first kappa shape index (κ1) is 13.1. The van der Waals surface area contributed by atoms with E-state index in [0.717, 1.165) is 18.0 Å². The minimum atomic E-state index is -0.599. The molecule has 0 saturated carbocycles. The first-order valence-corrected chi connectivity index (χ1v) is 5.69. The molecule has 8 heteroatoms. The van der Waals surface area contributed by atoms with E-state index in [9.17, 15) is 15.2 Å². The van der Waals surface area contributed by atoms with Gasteiger partial charge in [-0.25, -0.2) is 9.97 Å². The quantitative estimate of drug-likeness (QED) is 0.293. The lowest BCUT2D eigenvalue weighted by molar-refractivity contribution is -0.388. The molecule has 0 fully saturated rings. The van der Waals surface area contributed by atoms with Crippen molar-refractivity contribution in [3.05, 3.63) is 21.6 Å². The van der Waals surface area contributed by atoms with Crippen molar-refractivity contribution in [2.75, 3.05) is 0 Å². The number of aliphatic hydroxyl groups excluding tert-OH is 1. The van der Waals surface area contributed by atoms with Crippen LogP contribution >= 0.6 is 23.4 Å². The number of hydrogen-bond donors (Lipinski definition) is 1. The van der Waals surface area contributed by atoms with Gasteiger partial charge in [0, 0.05) is 5.25 Å². The second-order valence-corrected chi connectivity index (χ2v) is 4.85. The fourth-order valence-corrected chi connectivity index (χ4v) is 1.95. The van der Waals surface area contributed by atoms with Crippen LogP contribution in [-0.2, 0) is 0 Å². The Labute approximate surface area is 101 Å². The molecule has 1 rings (SSSR count). The van der Waals surface area contributed by atoms with E-state index < -0.39 is 11.0 Å². The van der Waals surface area contributed by atoms with Gasteiger partial charge in [-0.15, -0.1) is 0 Å². The fraction of sp³-hybridized carbons (Fsp3) is 0.500. The molecule has 0 radical (unpaired) electrons. The number of hydrogen-bond acceptors (Lipinski definition) is 6. The second kappa shape index (κ2) is 5.42. The minimum absolute atomic E-state index is 0.0501. The number of nitro groups is 1. The molecule has 0 bridgehead atoms. The van der Waals surface area contributed by atoms with Gasteiger partial charge in [0.05, 0.1) is 11.0 Å². The van der Waals surface area contributed by atoms with Crippen molar-refractivity contribution in [3.8, 4) is 0 Å². The van der Waals surface area contributed by atoms with Gasteiger partial charge >= 0.3 is 5.69 Å². The number of rotatable bonds is 4. The predicted octanol–water partition coefficient (Wildman–Crippen LogP) is 1.90. The van der Waals surface area contributed by atoms with Crippen molar-refractivity contribution in [1.82, 2.24) is 9.97 Å². The molecule has 0 aliphatic rings. The normalized spacial score (nSPS) is 14.5. The highest BCUT2D eigenvalue weighted by molar-refractivity contribution is 8.00. The van der Waals surface area contributed by atoms with Crippen LogP contribution in [0.2, 0.25) is 5.28 Å². The average Bonchev–Trinajstić information content (AvgIpc) is 2.16. The summed E-state index contributed by atoms with van der Waals surface area (Å²) < 4.78 is 0. The van der Waals surface area contributed by atoms with E-state index in [2.05, 4.69) is 9.97 Å². The van der Waals surface area contributed by atoms with Crippen LogP contribution in [0.5, 0.6) is 0 Å². The lowest BCUT2D eigenvalue weighted by Gasteiger charge is -2.12. The average molecular weight is 264 g/mol. The van der Waals surface area contributed by atoms with Gasteiger partial charge in [-0.3, -0.25) is 10.1 Å². The fourth-order valence-electron chi connectivity index (χ4n) is 0.826. The molecule has 16 heavy (non-hydrogen) atoms. The molecule has 88 valence electrons. The van der Waals surface area contributed by atoms with Gasteiger partial charge in [-0.1, -0.05) is 18.7 Å². The SMILES string of the molecule is CC(O)C(C)Sc1nc(Cl)ncc1[N+](=O)[O-]. The summed E-state index contributed by atoms with van der Waals surface area (Å²) in [6.07, 6.45) is 0.463. The van der Waals surface area contributed by atoms with Gasteiger partial charge in [-0.2, -0.15) is 0 Å². The molecule has 1 aromatic rings. The summed E-state index contributed by atoms with van der Waals surface area (Å²) >= 11 is 6.66. The number of aliphatic hydroxyl groups is 1. The van der Waals surface area contributed by atoms with Crippen LogP contribution in [0.4, 0.5) is 5.69 Å². The highest BCUT2D eigenvalue weighted by Crippen LogP contribution is 2.31. The molecule has 2 atom stereocenters. The maximum Gasteiger partial charge on any atom is 0.319 e. The van der Waals surface area contributed by atoms with Crippen molar-refractivity contribution < 1.29 is 10.0 Å². The van der Waals surface area contributed by atoms with Crippen LogP contribution in [0.1, 0.15) is 13.8 Å². The van der Waals surface area contributed by atoms with Gasteiger partial charge in [0.2, 0.25) is 5.28 Å². The number of aromatic nitrogens is 2. The Morgan fingerprint density at radius 2 is 2.25 bits per heavy atom. The summed E-state index contributed by atoms with van der Waals surface area (Å²) in [5, 5.41) is 19.9. The molecule has 1 heterocycles. The van der Waals surface area contributed by atoms with E-state index in [4.69, 9.17) is 11.6 Å². The Hall–Kier alpha value is -0.920. The van der Waals surface area contributed by atoms with Crippen molar-refractivity contribution >= 4 is 29.1 Å². The molecule has 2 unspecified atom stereocenters.